The molecule has 102 valence electrons. The number of nitrogens with two attached hydrogens (primary N) is 1. The van der Waals surface area contributed by atoms with Gasteiger partial charge in [0.1, 0.15) is 11.8 Å². The Balaban J connectivity index is 2.11. The summed E-state index contributed by atoms with van der Waals surface area (Å²) in [5.41, 5.74) is 9.29. The highest BCUT2D eigenvalue weighted by Gasteiger charge is 2.05. The summed E-state index contributed by atoms with van der Waals surface area (Å²) in [6, 6.07) is 9.27. The normalized spacial score (nSPS) is 10.1. The summed E-state index contributed by atoms with van der Waals surface area (Å²) in [4.78, 5) is 11.1. The first-order valence-electron chi connectivity index (χ1n) is 6.21. The van der Waals surface area contributed by atoms with Gasteiger partial charge in [0.15, 0.2) is 0 Å². The molecule has 0 saturated carbocycles. The minimum Gasteiger partial charge on any atom is -0.381 e. The van der Waals surface area contributed by atoms with Crippen molar-refractivity contribution in [1.29, 1.82) is 5.26 Å². The number of aryl methyl sites for hydroxylation is 2. The molecule has 2 aromatic rings. The third-order valence-corrected chi connectivity index (χ3v) is 3.17. The van der Waals surface area contributed by atoms with Crippen molar-refractivity contribution in [2.45, 2.75) is 13.5 Å². The SMILES string of the molecule is Cc1cc(C(N)=O)ccc1NCc1cc(C#N)n(C)c1. The van der Waals surface area contributed by atoms with E-state index in [2.05, 4.69) is 11.4 Å². The molecule has 3 N–H and O–H groups in total. The maximum absolute atomic E-state index is 11.1. The average Bonchev–Trinajstić information content (AvgIpc) is 2.77. The zero-order valence-corrected chi connectivity index (χ0v) is 11.5. The highest BCUT2D eigenvalue weighted by atomic mass is 16.1. The highest BCUT2D eigenvalue weighted by Crippen LogP contribution is 2.18. The molecule has 0 spiro atoms. The highest BCUT2D eigenvalue weighted by molar-refractivity contribution is 5.93. The van der Waals surface area contributed by atoms with Gasteiger partial charge in [-0.1, -0.05) is 0 Å². The van der Waals surface area contributed by atoms with Gasteiger partial charge in [-0.15, -0.1) is 0 Å². The van der Waals surface area contributed by atoms with Gasteiger partial charge in [0.2, 0.25) is 5.91 Å². The number of carbonyl (C=O) groups is 1. The fourth-order valence-electron chi connectivity index (χ4n) is 2.05. The Morgan fingerprint density at radius 3 is 2.75 bits per heavy atom. The third kappa shape index (κ3) is 2.81. The predicted molar refractivity (Wildman–Crippen MR) is 77.2 cm³/mol. The van der Waals surface area contributed by atoms with E-state index in [9.17, 15) is 4.79 Å². The van der Waals surface area contributed by atoms with Crippen LogP contribution in [-0.4, -0.2) is 10.5 Å². The third-order valence-electron chi connectivity index (χ3n) is 3.17. The zero-order valence-electron chi connectivity index (χ0n) is 11.5. The van der Waals surface area contributed by atoms with E-state index in [4.69, 9.17) is 11.0 Å². The van der Waals surface area contributed by atoms with Gasteiger partial charge >= 0.3 is 0 Å². The van der Waals surface area contributed by atoms with E-state index in [0.29, 0.717) is 17.8 Å². The predicted octanol–water partition coefficient (Wildman–Crippen LogP) is 1.92. The van der Waals surface area contributed by atoms with Crippen LogP contribution in [0.15, 0.2) is 30.5 Å². The molecule has 0 fully saturated rings. The van der Waals surface area contributed by atoms with Crippen LogP contribution in [0.2, 0.25) is 0 Å². The minimum absolute atomic E-state index is 0.429. The number of amides is 1. The topological polar surface area (TPSA) is 83.8 Å². The summed E-state index contributed by atoms with van der Waals surface area (Å²) in [6.07, 6.45) is 1.92. The number of benzene rings is 1. The van der Waals surface area contributed by atoms with Crippen molar-refractivity contribution in [3.8, 4) is 6.07 Å². The average molecular weight is 268 g/mol. The Hall–Kier alpha value is -2.74. The Labute approximate surface area is 117 Å². The monoisotopic (exact) mass is 268 g/mol. The van der Waals surface area contributed by atoms with Crippen LogP contribution in [0.1, 0.15) is 27.2 Å². The number of anilines is 1. The van der Waals surface area contributed by atoms with Gasteiger partial charge in [-0.25, -0.2) is 0 Å². The lowest BCUT2D eigenvalue weighted by molar-refractivity contribution is 0.1000. The molecule has 0 bridgehead atoms. The number of aromatic nitrogens is 1. The molecular formula is C15H16N4O. The Bertz CT molecular complexity index is 694. The molecule has 20 heavy (non-hydrogen) atoms. The van der Waals surface area contributed by atoms with Crippen molar-refractivity contribution in [3.63, 3.8) is 0 Å². The quantitative estimate of drug-likeness (QED) is 0.888. The number of nitrogens with one attached hydrogen (secondary N) is 1. The van der Waals surface area contributed by atoms with E-state index < -0.39 is 5.91 Å². The van der Waals surface area contributed by atoms with Gasteiger partial charge in [-0.3, -0.25) is 4.79 Å². The fourth-order valence-corrected chi connectivity index (χ4v) is 2.05. The molecule has 1 amide bonds. The molecule has 0 radical (unpaired) electrons. The first-order chi connectivity index (χ1) is 9.51. The van der Waals surface area contributed by atoms with Crippen LogP contribution in [0, 0.1) is 18.3 Å². The van der Waals surface area contributed by atoms with Crippen molar-refractivity contribution in [2.24, 2.45) is 12.8 Å². The summed E-state index contributed by atoms with van der Waals surface area (Å²) in [5, 5.41) is 12.2. The smallest absolute Gasteiger partial charge is 0.248 e. The minimum atomic E-state index is -0.429. The van der Waals surface area contributed by atoms with Gasteiger partial charge in [0.25, 0.3) is 0 Å². The Morgan fingerprint density at radius 2 is 2.20 bits per heavy atom. The molecule has 5 nitrogen and oxygen atoms in total. The van der Waals surface area contributed by atoms with E-state index in [0.717, 1.165) is 16.8 Å². The van der Waals surface area contributed by atoms with Gasteiger partial charge in [-0.05, 0) is 42.3 Å². The number of hydrogen-bond donors (Lipinski definition) is 2. The first kappa shape index (κ1) is 13.7. The summed E-state index contributed by atoms with van der Waals surface area (Å²) >= 11 is 0. The summed E-state index contributed by atoms with van der Waals surface area (Å²) in [7, 11) is 1.84. The van der Waals surface area contributed by atoms with E-state index in [1.807, 2.05) is 32.3 Å². The van der Waals surface area contributed by atoms with Gasteiger partial charge in [-0.2, -0.15) is 5.26 Å². The van der Waals surface area contributed by atoms with Crippen molar-refractivity contribution in [1.82, 2.24) is 4.57 Å². The van der Waals surface area contributed by atoms with Gasteiger partial charge in [0.05, 0.1) is 0 Å². The van der Waals surface area contributed by atoms with Crippen molar-refractivity contribution < 1.29 is 4.79 Å². The van der Waals surface area contributed by atoms with Crippen LogP contribution in [-0.2, 0) is 13.6 Å². The zero-order chi connectivity index (χ0) is 14.7. The number of rotatable bonds is 4. The number of hydrogen-bond acceptors (Lipinski definition) is 3. The van der Waals surface area contributed by atoms with Gasteiger partial charge < -0.3 is 15.6 Å². The second-order valence-electron chi connectivity index (χ2n) is 4.70. The maximum atomic E-state index is 11.1. The van der Waals surface area contributed by atoms with Crippen LogP contribution in [0.25, 0.3) is 0 Å². The molecule has 0 aliphatic carbocycles. The lowest BCUT2D eigenvalue weighted by atomic mass is 10.1. The molecule has 2 rings (SSSR count). The molecule has 0 aliphatic rings. The van der Waals surface area contributed by atoms with Crippen molar-refractivity contribution in [2.75, 3.05) is 5.32 Å². The lowest BCUT2D eigenvalue weighted by Gasteiger charge is -2.09. The van der Waals surface area contributed by atoms with Crippen LogP contribution in [0.5, 0.6) is 0 Å². The van der Waals surface area contributed by atoms with Crippen LogP contribution in [0.3, 0.4) is 0 Å². The molecule has 5 heteroatoms. The summed E-state index contributed by atoms with van der Waals surface area (Å²) in [5.74, 6) is -0.429. The van der Waals surface area contributed by atoms with Crippen LogP contribution < -0.4 is 11.1 Å². The molecule has 1 aromatic carbocycles. The molecule has 0 atom stereocenters. The number of primary amides is 1. The number of nitriles is 1. The Morgan fingerprint density at radius 1 is 1.45 bits per heavy atom. The van der Waals surface area contributed by atoms with E-state index in [1.54, 1.807) is 16.7 Å². The molecule has 1 aromatic heterocycles. The second kappa shape index (κ2) is 5.49. The summed E-state index contributed by atoms with van der Waals surface area (Å²) < 4.78 is 1.79. The van der Waals surface area contributed by atoms with E-state index in [-0.39, 0.29) is 0 Å². The molecule has 1 heterocycles. The first-order valence-corrected chi connectivity index (χ1v) is 6.21. The van der Waals surface area contributed by atoms with Crippen molar-refractivity contribution >= 4 is 11.6 Å². The largest absolute Gasteiger partial charge is 0.381 e. The summed E-state index contributed by atoms with van der Waals surface area (Å²) in [6.45, 7) is 2.53. The Kier molecular flexibility index (Phi) is 3.76. The fraction of sp³-hybridized carbons (Fsp3) is 0.200. The van der Waals surface area contributed by atoms with Gasteiger partial charge in [0, 0.05) is 31.0 Å². The lowest BCUT2D eigenvalue weighted by Crippen LogP contribution is -2.11. The second-order valence-corrected chi connectivity index (χ2v) is 4.70. The maximum Gasteiger partial charge on any atom is 0.248 e. The number of nitrogens with zero attached hydrogens (tertiary/aromatic N) is 2. The molecule has 0 aliphatic heterocycles. The van der Waals surface area contributed by atoms with E-state index >= 15 is 0 Å². The standard InChI is InChI=1S/C15H16N4O/c1-10-5-12(15(17)20)3-4-14(10)18-8-11-6-13(7-16)19(2)9-11/h3-6,9,18H,8H2,1-2H3,(H2,17,20). The number of carbonyl (C=O) groups excluding carboxylic acids is 1. The van der Waals surface area contributed by atoms with Crippen LogP contribution in [0.4, 0.5) is 5.69 Å². The molecule has 0 unspecified atom stereocenters. The molecular weight excluding hydrogens is 252 g/mol. The van der Waals surface area contributed by atoms with E-state index in [1.165, 1.54) is 0 Å². The molecule has 0 saturated heterocycles. The van der Waals surface area contributed by atoms with Crippen LogP contribution >= 0.6 is 0 Å². The van der Waals surface area contributed by atoms with Crippen molar-refractivity contribution in [3.05, 3.63) is 52.8 Å².